The molecule has 0 heterocycles. The number of hydrogen-bond donors (Lipinski definition) is 1. The van der Waals surface area contributed by atoms with E-state index in [4.69, 9.17) is 10.5 Å². The van der Waals surface area contributed by atoms with Crippen LogP contribution in [-0.4, -0.2) is 6.04 Å². The van der Waals surface area contributed by atoms with Crippen LogP contribution in [0.2, 0.25) is 0 Å². The van der Waals surface area contributed by atoms with Crippen molar-refractivity contribution in [3.05, 3.63) is 59.2 Å². The lowest BCUT2D eigenvalue weighted by Crippen LogP contribution is -2.18. The lowest BCUT2D eigenvalue weighted by atomic mass is 10.0. The number of nitrogens with two attached hydrogens (primary N) is 1. The molecular formula is C18H23NO. The van der Waals surface area contributed by atoms with Crippen LogP contribution in [0.3, 0.4) is 0 Å². The van der Waals surface area contributed by atoms with Crippen molar-refractivity contribution in [1.29, 1.82) is 0 Å². The molecule has 0 saturated heterocycles. The molecule has 0 aliphatic heterocycles. The highest BCUT2D eigenvalue weighted by atomic mass is 16.5. The van der Waals surface area contributed by atoms with Crippen LogP contribution in [-0.2, 0) is 12.8 Å². The van der Waals surface area contributed by atoms with Crippen molar-refractivity contribution in [3.63, 3.8) is 0 Å². The highest BCUT2D eigenvalue weighted by Gasteiger charge is 2.08. The number of rotatable bonds is 5. The standard InChI is InChI=1S/C18H23NO/c1-4-15-6-8-17(9-7-15)20-18-10-5-13(2)11-16(18)12-14(3)19/h5-11,14H,4,12,19H2,1-3H3. The van der Waals surface area contributed by atoms with Crippen LogP contribution >= 0.6 is 0 Å². The summed E-state index contributed by atoms with van der Waals surface area (Å²) in [7, 11) is 0. The summed E-state index contributed by atoms with van der Waals surface area (Å²) in [6.45, 7) is 6.25. The van der Waals surface area contributed by atoms with Crippen LogP contribution in [0, 0.1) is 6.92 Å². The molecule has 2 aromatic carbocycles. The fourth-order valence-electron chi connectivity index (χ4n) is 2.23. The van der Waals surface area contributed by atoms with Crippen LogP contribution < -0.4 is 10.5 Å². The van der Waals surface area contributed by atoms with Crippen molar-refractivity contribution >= 4 is 0 Å². The maximum absolute atomic E-state index is 6.01. The molecule has 2 rings (SSSR count). The Kier molecular flexibility index (Phi) is 4.80. The summed E-state index contributed by atoms with van der Waals surface area (Å²) >= 11 is 0. The van der Waals surface area contributed by atoms with E-state index in [0.29, 0.717) is 0 Å². The third-order valence-corrected chi connectivity index (χ3v) is 3.32. The number of benzene rings is 2. The predicted octanol–water partition coefficient (Wildman–Crippen LogP) is 4.24. The van der Waals surface area contributed by atoms with E-state index < -0.39 is 0 Å². The first kappa shape index (κ1) is 14.6. The molecule has 0 radical (unpaired) electrons. The molecule has 106 valence electrons. The maximum atomic E-state index is 6.01. The molecule has 0 aliphatic carbocycles. The summed E-state index contributed by atoms with van der Waals surface area (Å²) in [6, 6.07) is 14.6. The average molecular weight is 269 g/mol. The zero-order chi connectivity index (χ0) is 14.5. The normalized spacial score (nSPS) is 12.2. The van der Waals surface area contributed by atoms with Gasteiger partial charge in [-0.15, -0.1) is 0 Å². The van der Waals surface area contributed by atoms with Crippen LogP contribution in [0.4, 0.5) is 0 Å². The van der Waals surface area contributed by atoms with E-state index in [9.17, 15) is 0 Å². The molecule has 2 heteroatoms. The van der Waals surface area contributed by atoms with Gasteiger partial charge in [0.05, 0.1) is 0 Å². The number of hydrogen-bond acceptors (Lipinski definition) is 2. The van der Waals surface area contributed by atoms with Gasteiger partial charge in [-0.05, 0) is 56.0 Å². The molecule has 1 atom stereocenters. The van der Waals surface area contributed by atoms with E-state index in [1.54, 1.807) is 0 Å². The fourth-order valence-corrected chi connectivity index (χ4v) is 2.23. The Morgan fingerprint density at radius 2 is 1.80 bits per heavy atom. The van der Waals surface area contributed by atoms with Gasteiger partial charge in [-0.1, -0.05) is 36.8 Å². The summed E-state index contributed by atoms with van der Waals surface area (Å²) in [5, 5.41) is 0. The molecule has 2 aromatic rings. The second-order valence-corrected chi connectivity index (χ2v) is 5.39. The van der Waals surface area contributed by atoms with Crippen LogP contribution in [0.1, 0.15) is 30.5 Å². The number of aryl methyl sites for hydroxylation is 2. The second-order valence-electron chi connectivity index (χ2n) is 5.39. The molecular weight excluding hydrogens is 246 g/mol. The minimum Gasteiger partial charge on any atom is -0.457 e. The molecule has 2 nitrogen and oxygen atoms in total. The Bertz CT molecular complexity index is 558. The van der Waals surface area contributed by atoms with Gasteiger partial charge < -0.3 is 10.5 Å². The average Bonchev–Trinajstić information content (AvgIpc) is 2.42. The van der Waals surface area contributed by atoms with Gasteiger partial charge in [-0.2, -0.15) is 0 Å². The molecule has 0 amide bonds. The zero-order valence-electron chi connectivity index (χ0n) is 12.5. The summed E-state index contributed by atoms with van der Waals surface area (Å²) in [4.78, 5) is 0. The Morgan fingerprint density at radius 1 is 1.10 bits per heavy atom. The molecule has 0 bridgehead atoms. The first-order valence-electron chi connectivity index (χ1n) is 7.20. The van der Waals surface area contributed by atoms with Gasteiger partial charge in [0.25, 0.3) is 0 Å². The summed E-state index contributed by atoms with van der Waals surface area (Å²) in [5.74, 6) is 1.77. The Morgan fingerprint density at radius 3 is 2.40 bits per heavy atom. The van der Waals surface area contributed by atoms with Gasteiger partial charge in [-0.3, -0.25) is 0 Å². The fraction of sp³-hybridized carbons (Fsp3) is 0.333. The first-order valence-corrected chi connectivity index (χ1v) is 7.20. The topological polar surface area (TPSA) is 35.2 Å². The van der Waals surface area contributed by atoms with Crippen LogP contribution in [0.5, 0.6) is 11.5 Å². The lowest BCUT2D eigenvalue weighted by molar-refractivity contribution is 0.473. The summed E-state index contributed by atoms with van der Waals surface area (Å²) in [5.41, 5.74) is 9.63. The molecule has 0 aromatic heterocycles. The molecule has 20 heavy (non-hydrogen) atoms. The zero-order valence-corrected chi connectivity index (χ0v) is 12.5. The van der Waals surface area contributed by atoms with Crippen LogP contribution in [0.15, 0.2) is 42.5 Å². The van der Waals surface area contributed by atoms with Crippen molar-refractivity contribution in [2.24, 2.45) is 5.73 Å². The summed E-state index contributed by atoms with van der Waals surface area (Å²) < 4.78 is 6.01. The van der Waals surface area contributed by atoms with Crippen LogP contribution in [0.25, 0.3) is 0 Å². The van der Waals surface area contributed by atoms with Crippen molar-refractivity contribution in [2.75, 3.05) is 0 Å². The summed E-state index contributed by atoms with van der Waals surface area (Å²) in [6.07, 6.45) is 1.87. The SMILES string of the molecule is CCc1ccc(Oc2ccc(C)cc2CC(C)N)cc1. The van der Waals surface area contributed by atoms with Crippen molar-refractivity contribution in [1.82, 2.24) is 0 Å². The molecule has 0 fully saturated rings. The minimum absolute atomic E-state index is 0.126. The smallest absolute Gasteiger partial charge is 0.130 e. The van der Waals surface area contributed by atoms with Crippen molar-refractivity contribution in [2.45, 2.75) is 39.7 Å². The molecule has 0 aliphatic rings. The molecule has 0 spiro atoms. The Balaban J connectivity index is 2.22. The highest BCUT2D eigenvalue weighted by molar-refractivity contribution is 5.41. The molecule has 2 N–H and O–H groups in total. The minimum atomic E-state index is 0.126. The third-order valence-electron chi connectivity index (χ3n) is 3.32. The van der Waals surface area contributed by atoms with Gasteiger partial charge in [-0.25, -0.2) is 0 Å². The van der Waals surface area contributed by atoms with Gasteiger partial charge in [0.1, 0.15) is 11.5 Å². The van der Waals surface area contributed by atoms with E-state index in [2.05, 4.69) is 38.1 Å². The largest absolute Gasteiger partial charge is 0.457 e. The van der Waals surface area contributed by atoms with Crippen molar-refractivity contribution < 1.29 is 4.74 Å². The van der Waals surface area contributed by atoms with E-state index in [1.807, 2.05) is 25.1 Å². The third kappa shape index (κ3) is 3.84. The van der Waals surface area contributed by atoms with E-state index in [0.717, 1.165) is 24.3 Å². The van der Waals surface area contributed by atoms with E-state index >= 15 is 0 Å². The van der Waals surface area contributed by atoms with Gasteiger partial charge in [0, 0.05) is 6.04 Å². The Hall–Kier alpha value is -1.80. The Labute approximate surface area is 121 Å². The maximum Gasteiger partial charge on any atom is 0.130 e. The second kappa shape index (κ2) is 6.58. The van der Waals surface area contributed by atoms with Crippen molar-refractivity contribution in [3.8, 4) is 11.5 Å². The van der Waals surface area contributed by atoms with Gasteiger partial charge in [0.2, 0.25) is 0 Å². The monoisotopic (exact) mass is 269 g/mol. The van der Waals surface area contributed by atoms with Gasteiger partial charge >= 0.3 is 0 Å². The quantitative estimate of drug-likeness (QED) is 0.881. The number of ether oxygens (including phenoxy) is 1. The molecule has 1 unspecified atom stereocenters. The highest BCUT2D eigenvalue weighted by Crippen LogP contribution is 2.27. The lowest BCUT2D eigenvalue weighted by Gasteiger charge is -2.14. The van der Waals surface area contributed by atoms with Gasteiger partial charge in [0.15, 0.2) is 0 Å². The van der Waals surface area contributed by atoms with E-state index in [1.165, 1.54) is 16.7 Å². The first-order chi connectivity index (χ1) is 9.58. The molecule has 0 saturated carbocycles. The van der Waals surface area contributed by atoms with E-state index in [-0.39, 0.29) is 6.04 Å². The predicted molar refractivity (Wildman–Crippen MR) is 84.4 cm³/mol.